The second-order valence-corrected chi connectivity index (χ2v) is 3.19. The molecule has 0 radical (unpaired) electrons. The molecule has 5 nitrogen and oxygen atoms in total. The van der Waals surface area contributed by atoms with Crippen molar-refractivity contribution in [3.05, 3.63) is 29.8 Å². The molecule has 0 unspecified atom stereocenters. The summed E-state index contributed by atoms with van der Waals surface area (Å²) in [4.78, 5) is 15.1. The number of aliphatic hydroxyl groups excluding tert-OH is 1. The Morgan fingerprint density at radius 3 is 2.94 bits per heavy atom. The van der Waals surface area contributed by atoms with Crippen LogP contribution in [0, 0.1) is 0 Å². The average Bonchev–Trinajstić information content (AvgIpc) is 2.29. The third kappa shape index (κ3) is 3.36. The van der Waals surface area contributed by atoms with Gasteiger partial charge in [-0.1, -0.05) is 12.1 Å². The molecule has 5 heteroatoms. The van der Waals surface area contributed by atoms with E-state index in [9.17, 15) is 9.90 Å². The minimum absolute atomic E-state index is 0.129. The van der Waals surface area contributed by atoms with Gasteiger partial charge in [-0.15, -0.1) is 0 Å². The van der Waals surface area contributed by atoms with E-state index in [0.717, 1.165) is 0 Å². The number of aliphatic imine (C=N–C) groups is 1. The number of nitrogens with one attached hydrogen (secondary N) is 1. The predicted molar refractivity (Wildman–Crippen MR) is 60.6 cm³/mol. The molecule has 16 heavy (non-hydrogen) atoms. The van der Waals surface area contributed by atoms with Crippen LogP contribution in [0.1, 0.15) is 5.56 Å². The van der Waals surface area contributed by atoms with E-state index < -0.39 is 6.04 Å². The van der Waals surface area contributed by atoms with Gasteiger partial charge in [-0.3, -0.25) is 9.79 Å². The monoisotopic (exact) mass is 222 g/mol. The molecule has 1 atom stereocenters. The third-order valence-corrected chi connectivity index (χ3v) is 2.00. The lowest BCUT2D eigenvalue weighted by Gasteiger charge is -2.06. The number of rotatable bonds is 4. The largest absolute Gasteiger partial charge is 0.508 e. The number of hydrogen-bond acceptors (Lipinski definition) is 4. The molecule has 0 bridgehead atoms. The minimum atomic E-state index is -0.813. The SMILES string of the molecule is CNC(=O)[C@H](CO)N=Cc1cccc(O)c1. The van der Waals surface area contributed by atoms with Gasteiger partial charge in [0.05, 0.1) is 6.61 Å². The van der Waals surface area contributed by atoms with Gasteiger partial charge in [-0.2, -0.15) is 0 Å². The summed E-state index contributed by atoms with van der Waals surface area (Å²) >= 11 is 0. The molecule has 0 aliphatic carbocycles. The molecule has 0 saturated heterocycles. The highest BCUT2D eigenvalue weighted by Gasteiger charge is 2.12. The van der Waals surface area contributed by atoms with Crippen LogP contribution in [0.5, 0.6) is 5.75 Å². The van der Waals surface area contributed by atoms with Gasteiger partial charge in [0.25, 0.3) is 0 Å². The number of phenols is 1. The van der Waals surface area contributed by atoms with E-state index in [1.165, 1.54) is 19.3 Å². The molecule has 3 N–H and O–H groups in total. The Kier molecular flexibility index (Phi) is 4.47. The molecular formula is C11H14N2O3. The second kappa shape index (κ2) is 5.87. The first-order valence-corrected chi connectivity index (χ1v) is 4.82. The van der Waals surface area contributed by atoms with Gasteiger partial charge in [-0.05, 0) is 17.7 Å². The van der Waals surface area contributed by atoms with Gasteiger partial charge in [0, 0.05) is 13.3 Å². The maximum absolute atomic E-state index is 11.2. The van der Waals surface area contributed by atoms with Gasteiger partial charge in [0.2, 0.25) is 5.91 Å². The van der Waals surface area contributed by atoms with Crippen LogP contribution in [0.2, 0.25) is 0 Å². The van der Waals surface area contributed by atoms with Gasteiger partial charge >= 0.3 is 0 Å². The van der Waals surface area contributed by atoms with Crippen LogP contribution >= 0.6 is 0 Å². The Bertz CT molecular complexity index is 391. The Labute approximate surface area is 93.5 Å². The topological polar surface area (TPSA) is 81.9 Å². The summed E-state index contributed by atoms with van der Waals surface area (Å²) in [6.07, 6.45) is 1.44. The Hall–Kier alpha value is -1.88. The van der Waals surface area contributed by atoms with Crippen molar-refractivity contribution < 1.29 is 15.0 Å². The zero-order valence-corrected chi connectivity index (χ0v) is 8.92. The van der Waals surface area contributed by atoms with E-state index in [2.05, 4.69) is 10.3 Å². The fourth-order valence-electron chi connectivity index (χ4n) is 1.15. The van der Waals surface area contributed by atoms with Crippen molar-refractivity contribution in [2.24, 2.45) is 4.99 Å². The Morgan fingerprint density at radius 2 is 2.38 bits per heavy atom. The van der Waals surface area contributed by atoms with Crippen molar-refractivity contribution in [1.29, 1.82) is 0 Å². The Morgan fingerprint density at radius 1 is 1.62 bits per heavy atom. The van der Waals surface area contributed by atoms with Crippen LogP contribution in [0.4, 0.5) is 0 Å². The van der Waals surface area contributed by atoms with Gasteiger partial charge in [-0.25, -0.2) is 0 Å². The number of carbonyl (C=O) groups excluding carboxylic acids is 1. The molecule has 1 rings (SSSR count). The Balaban J connectivity index is 2.75. The highest BCUT2D eigenvalue weighted by Crippen LogP contribution is 2.09. The number of phenolic OH excluding ortho intramolecular Hbond substituents is 1. The standard InChI is InChI=1S/C11H14N2O3/c1-12-11(16)10(7-14)13-6-8-3-2-4-9(15)5-8/h2-6,10,14-15H,7H2,1H3,(H,12,16)/t10-/m0/s1. The van der Waals surface area contributed by atoms with Crippen LogP contribution in [-0.2, 0) is 4.79 Å². The van der Waals surface area contributed by atoms with Gasteiger partial charge in [0.15, 0.2) is 6.04 Å². The summed E-state index contributed by atoms with van der Waals surface area (Å²) in [6.45, 7) is -0.352. The van der Waals surface area contributed by atoms with Gasteiger partial charge < -0.3 is 15.5 Å². The fourth-order valence-corrected chi connectivity index (χ4v) is 1.15. The molecule has 0 spiro atoms. The molecule has 0 aromatic heterocycles. The number of carbonyl (C=O) groups is 1. The van der Waals surface area contributed by atoms with E-state index >= 15 is 0 Å². The summed E-state index contributed by atoms with van der Waals surface area (Å²) in [5.41, 5.74) is 0.669. The van der Waals surface area contributed by atoms with Gasteiger partial charge in [0.1, 0.15) is 5.75 Å². The van der Waals surface area contributed by atoms with Crippen molar-refractivity contribution in [2.75, 3.05) is 13.7 Å². The van der Waals surface area contributed by atoms with E-state index in [4.69, 9.17) is 5.11 Å². The highest BCUT2D eigenvalue weighted by atomic mass is 16.3. The van der Waals surface area contributed by atoms with E-state index in [1.54, 1.807) is 18.2 Å². The lowest BCUT2D eigenvalue weighted by Crippen LogP contribution is -2.33. The maximum atomic E-state index is 11.2. The van der Waals surface area contributed by atoms with E-state index in [-0.39, 0.29) is 18.3 Å². The molecule has 1 aromatic rings. The lowest BCUT2D eigenvalue weighted by molar-refractivity contribution is -0.122. The summed E-state index contributed by atoms with van der Waals surface area (Å²) in [7, 11) is 1.48. The average molecular weight is 222 g/mol. The first-order chi connectivity index (χ1) is 7.67. The zero-order valence-electron chi connectivity index (χ0n) is 8.92. The third-order valence-electron chi connectivity index (χ3n) is 2.00. The number of likely N-dealkylation sites (N-methyl/N-ethyl adjacent to an activating group) is 1. The van der Waals surface area contributed by atoms with Crippen molar-refractivity contribution in [3.63, 3.8) is 0 Å². The zero-order chi connectivity index (χ0) is 12.0. The molecule has 0 saturated carbocycles. The van der Waals surface area contributed by atoms with Crippen LogP contribution < -0.4 is 5.32 Å². The number of aliphatic hydroxyl groups is 1. The maximum Gasteiger partial charge on any atom is 0.246 e. The summed E-state index contributed by atoms with van der Waals surface area (Å²) in [6, 6.07) is 5.65. The van der Waals surface area contributed by atoms with Crippen molar-refractivity contribution in [1.82, 2.24) is 5.32 Å². The molecule has 0 fully saturated rings. The molecule has 0 heterocycles. The minimum Gasteiger partial charge on any atom is -0.508 e. The summed E-state index contributed by atoms with van der Waals surface area (Å²) in [5, 5.41) is 20.5. The smallest absolute Gasteiger partial charge is 0.246 e. The van der Waals surface area contributed by atoms with Crippen LogP contribution in [0.15, 0.2) is 29.3 Å². The number of amides is 1. The fraction of sp³-hybridized carbons (Fsp3) is 0.273. The normalized spacial score (nSPS) is 12.6. The van der Waals surface area contributed by atoms with Crippen molar-refractivity contribution >= 4 is 12.1 Å². The number of benzene rings is 1. The predicted octanol–water partition coefficient (Wildman–Crippen LogP) is -0.0820. The molecule has 86 valence electrons. The second-order valence-electron chi connectivity index (χ2n) is 3.19. The lowest BCUT2D eigenvalue weighted by atomic mass is 10.2. The molecule has 1 aromatic carbocycles. The van der Waals surface area contributed by atoms with Crippen LogP contribution in [0.3, 0.4) is 0 Å². The van der Waals surface area contributed by atoms with Crippen molar-refractivity contribution in [3.8, 4) is 5.75 Å². The van der Waals surface area contributed by atoms with Crippen LogP contribution in [0.25, 0.3) is 0 Å². The van der Waals surface area contributed by atoms with E-state index in [1.807, 2.05) is 0 Å². The van der Waals surface area contributed by atoms with Crippen LogP contribution in [-0.4, -0.2) is 42.0 Å². The number of aromatic hydroxyl groups is 1. The molecule has 1 amide bonds. The first-order valence-electron chi connectivity index (χ1n) is 4.82. The number of nitrogens with zero attached hydrogens (tertiary/aromatic N) is 1. The number of hydrogen-bond donors (Lipinski definition) is 3. The molecular weight excluding hydrogens is 208 g/mol. The summed E-state index contributed by atoms with van der Waals surface area (Å²) in [5.74, 6) is -0.219. The highest BCUT2D eigenvalue weighted by molar-refractivity contribution is 5.86. The quantitative estimate of drug-likeness (QED) is 0.623. The summed E-state index contributed by atoms with van der Waals surface area (Å²) < 4.78 is 0. The molecule has 0 aliphatic rings. The van der Waals surface area contributed by atoms with Crippen molar-refractivity contribution in [2.45, 2.75) is 6.04 Å². The van der Waals surface area contributed by atoms with E-state index in [0.29, 0.717) is 5.56 Å². The molecule has 0 aliphatic heterocycles. The first kappa shape index (κ1) is 12.2.